The van der Waals surface area contributed by atoms with E-state index in [1.54, 1.807) is 25.4 Å². The number of rotatable bonds is 5. The number of benzene rings is 1. The largest absolute Gasteiger partial charge is 0.479 e. The maximum Gasteiger partial charge on any atom is 0.261 e. The summed E-state index contributed by atoms with van der Waals surface area (Å²) in [6.45, 7) is 5.55. The van der Waals surface area contributed by atoms with Gasteiger partial charge in [-0.1, -0.05) is 23.7 Å². The highest BCUT2D eigenvalue weighted by atomic mass is 35.5. The summed E-state index contributed by atoms with van der Waals surface area (Å²) in [6, 6.07) is 9.09. The Hall–Kier alpha value is -2.07. The fraction of sp³-hybridized carbons (Fsp3) is 0.294. The molecule has 0 saturated carbocycles. The van der Waals surface area contributed by atoms with Crippen LogP contribution in [-0.2, 0) is 4.79 Å². The third-order valence-electron chi connectivity index (χ3n) is 3.30. The number of hydrogen-bond acceptors (Lipinski definition) is 3. The van der Waals surface area contributed by atoms with E-state index in [1.807, 2.05) is 38.1 Å². The van der Waals surface area contributed by atoms with Gasteiger partial charge >= 0.3 is 0 Å². The van der Waals surface area contributed by atoms with Crippen LogP contribution in [0, 0.1) is 6.92 Å². The van der Waals surface area contributed by atoms with Crippen LogP contribution >= 0.6 is 11.6 Å². The number of halogens is 1. The summed E-state index contributed by atoms with van der Waals surface area (Å²) in [4.78, 5) is 16.3. The molecule has 0 aliphatic rings. The molecule has 0 unspecified atom stereocenters. The molecule has 116 valence electrons. The van der Waals surface area contributed by atoms with Gasteiger partial charge in [0.25, 0.3) is 5.91 Å². The van der Waals surface area contributed by atoms with E-state index in [4.69, 9.17) is 16.3 Å². The topological polar surface area (TPSA) is 51.2 Å². The Morgan fingerprint density at radius 2 is 2.09 bits per heavy atom. The minimum absolute atomic E-state index is 0.139. The number of hydrogen-bond donors (Lipinski definition) is 1. The predicted molar refractivity (Wildman–Crippen MR) is 87.1 cm³/mol. The lowest BCUT2D eigenvalue weighted by molar-refractivity contribution is -0.127. The average Bonchev–Trinajstić information content (AvgIpc) is 2.51. The van der Waals surface area contributed by atoms with Crippen molar-refractivity contribution in [3.8, 4) is 5.75 Å². The monoisotopic (exact) mass is 318 g/mol. The second kappa shape index (κ2) is 7.27. The van der Waals surface area contributed by atoms with Crippen molar-refractivity contribution in [2.45, 2.75) is 32.9 Å². The number of nitrogens with zero attached hydrogens (tertiary/aromatic N) is 1. The van der Waals surface area contributed by atoms with Crippen LogP contribution < -0.4 is 10.1 Å². The average molecular weight is 319 g/mol. The van der Waals surface area contributed by atoms with Gasteiger partial charge in [0.1, 0.15) is 5.75 Å². The molecule has 0 aliphatic carbocycles. The van der Waals surface area contributed by atoms with Gasteiger partial charge in [-0.3, -0.25) is 9.78 Å². The summed E-state index contributed by atoms with van der Waals surface area (Å²) in [6.07, 6.45) is 2.79. The lowest BCUT2D eigenvalue weighted by Crippen LogP contribution is -2.37. The van der Waals surface area contributed by atoms with Crippen LogP contribution in [-0.4, -0.2) is 17.0 Å². The van der Waals surface area contributed by atoms with Gasteiger partial charge in [-0.2, -0.15) is 0 Å². The first-order chi connectivity index (χ1) is 10.5. The summed E-state index contributed by atoms with van der Waals surface area (Å²) in [5, 5.41) is 3.39. The van der Waals surface area contributed by atoms with Gasteiger partial charge in [0.2, 0.25) is 0 Å². The molecule has 0 aliphatic heterocycles. The number of nitrogens with one attached hydrogen (secondary N) is 1. The lowest BCUT2D eigenvalue weighted by Gasteiger charge is -2.19. The molecule has 2 atom stereocenters. The zero-order valence-electron chi connectivity index (χ0n) is 12.8. The van der Waals surface area contributed by atoms with Gasteiger partial charge in [-0.25, -0.2) is 0 Å². The van der Waals surface area contributed by atoms with E-state index >= 15 is 0 Å². The van der Waals surface area contributed by atoms with Crippen LogP contribution in [0.25, 0.3) is 0 Å². The van der Waals surface area contributed by atoms with Gasteiger partial charge in [-0.15, -0.1) is 0 Å². The Bertz CT molecular complexity index is 646. The Balaban J connectivity index is 1.99. The van der Waals surface area contributed by atoms with Crippen molar-refractivity contribution in [3.63, 3.8) is 0 Å². The van der Waals surface area contributed by atoms with E-state index in [0.29, 0.717) is 10.8 Å². The number of aryl methyl sites for hydroxylation is 1. The summed E-state index contributed by atoms with van der Waals surface area (Å²) in [5.74, 6) is 0.312. The van der Waals surface area contributed by atoms with Crippen molar-refractivity contribution in [2.75, 3.05) is 0 Å². The molecular formula is C17H19ClN2O2. The third-order valence-corrected chi connectivity index (χ3v) is 3.62. The molecule has 1 aromatic heterocycles. The van der Waals surface area contributed by atoms with E-state index < -0.39 is 6.10 Å². The van der Waals surface area contributed by atoms with Crippen molar-refractivity contribution >= 4 is 17.5 Å². The van der Waals surface area contributed by atoms with Crippen molar-refractivity contribution in [1.29, 1.82) is 0 Å². The fourth-order valence-corrected chi connectivity index (χ4v) is 2.15. The van der Waals surface area contributed by atoms with Crippen LogP contribution in [0.15, 0.2) is 42.7 Å². The lowest BCUT2D eigenvalue weighted by atomic mass is 10.1. The quantitative estimate of drug-likeness (QED) is 0.914. The number of pyridine rings is 1. The maximum atomic E-state index is 12.2. The van der Waals surface area contributed by atoms with E-state index in [-0.39, 0.29) is 11.9 Å². The second-order valence-electron chi connectivity index (χ2n) is 5.21. The van der Waals surface area contributed by atoms with Crippen LogP contribution in [0.4, 0.5) is 0 Å². The zero-order chi connectivity index (χ0) is 16.1. The van der Waals surface area contributed by atoms with E-state index in [0.717, 1.165) is 11.1 Å². The number of carbonyl (C=O) groups is 1. The minimum Gasteiger partial charge on any atom is -0.479 e. The molecule has 0 bridgehead atoms. The van der Waals surface area contributed by atoms with E-state index in [1.165, 1.54) is 0 Å². The molecule has 1 heterocycles. The highest BCUT2D eigenvalue weighted by Gasteiger charge is 2.18. The standard InChI is InChI=1S/C17H19ClN2O2/c1-11-6-7-15(18)16(9-11)22-13(3)17(21)20-12(2)14-5-4-8-19-10-14/h4-10,12-13H,1-3H3,(H,20,21)/t12-,13-/m1/s1. The molecule has 1 amide bonds. The second-order valence-corrected chi connectivity index (χ2v) is 5.62. The maximum absolute atomic E-state index is 12.2. The molecule has 0 fully saturated rings. The first kappa shape index (κ1) is 16.3. The number of aromatic nitrogens is 1. The van der Waals surface area contributed by atoms with Gasteiger partial charge in [0.05, 0.1) is 11.1 Å². The first-order valence-corrected chi connectivity index (χ1v) is 7.48. The molecule has 1 aromatic carbocycles. The molecule has 2 rings (SSSR count). The summed E-state index contributed by atoms with van der Waals surface area (Å²) >= 11 is 6.08. The van der Waals surface area contributed by atoms with Crippen molar-refractivity contribution in [1.82, 2.24) is 10.3 Å². The van der Waals surface area contributed by atoms with Crippen molar-refractivity contribution < 1.29 is 9.53 Å². The summed E-state index contributed by atoms with van der Waals surface area (Å²) < 4.78 is 5.66. The molecule has 2 aromatic rings. The van der Waals surface area contributed by atoms with Crippen LogP contribution in [0.3, 0.4) is 0 Å². The van der Waals surface area contributed by atoms with Gasteiger partial charge < -0.3 is 10.1 Å². The van der Waals surface area contributed by atoms with E-state index in [2.05, 4.69) is 10.3 Å². The van der Waals surface area contributed by atoms with Crippen LogP contribution in [0.2, 0.25) is 5.02 Å². The molecular weight excluding hydrogens is 300 g/mol. The molecule has 22 heavy (non-hydrogen) atoms. The molecule has 1 N–H and O–H groups in total. The molecule has 5 heteroatoms. The SMILES string of the molecule is Cc1ccc(Cl)c(O[C@H](C)C(=O)N[C@H](C)c2cccnc2)c1. The highest BCUT2D eigenvalue weighted by molar-refractivity contribution is 6.32. The first-order valence-electron chi connectivity index (χ1n) is 7.10. The number of ether oxygens (including phenoxy) is 1. The van der Waals surface area contributed by atoms with Gasteiger partial charge in [-0.05, 0) is 50.1 Å². The molecule has 0 radical (unpaired) electrons. The van der Waals surface area contributed by atoms with Gasteiger partial charge in [0.15, 0.2) is 6.10 Å². The summed E-state index contributed by atoms with van der Waals surface area (Å²) in [7, 11) is 0. The Morgan fingerprint density at radius 1 is 1.32 bits per heavy atom. The Kier molecular flexibility index (Phi) is 5.39. The predicted octanol–water partition coefficient (Wildman–Crippen LogP) is 3.69. The van der Waals surface area contributed by atoms with Gasteiger partial charge in [0, 0.05) is 12.4 Å². The van der Waals surface area contributed by atoms with Crippen LogP contribution in [0.1, 0.15) is 31.0 Å². The van der Waals surface area contributed by atoms with Crippen molar-refractivity contribution in [3.05, 3.63) is 58.9 Å². The van der Waals surface area contributed by atoms with Crippen LogP contribution in [0.5, 0.6) is 5.75 Å². The number of carbonyl (C=O) groups excluding carboxylic acids is 1. The molecule has 4 nitrogen and oxygen atoms in total. The highest BCUT2D eigenvalue weighted by Crippen LogP contribution is 2.26. The van der Waals surface area contributed by atoms with Crippen molar-refractivity contribution in [2.24, 2.45) is 0 Å². The Labute approximate surface area is 135 Å². The number of amides is 1. The minimum atomic E-state index is -0.640. The fourth-order valence-electron chi connectivity index (χ4n) is 1.99. The van der Waals surface area contributed by atoms with E-state index in [9.17, 15) is 4.79 Å². The Morgan fingerprint density at radius 3 is 2.77 bits per heavy atom. The summed E-state index contributed by atoms with van der Waals surface area (Å²) in [5.41, 5.74) is 1.97. The smallest absolute Gasteiger partial charge is 0.261 e. The zero-order valence-corrected chi connectivity index (χ0v) is 13.6. The molecule has 0 spiro atoms. The third kappa shape index (κ3) is 4.21. The normalized spacial score (nSPS) is 13.3. The molecule has 0 saturated heterocycles.